The Morgan fingerprint density at radius 2 is 1.35 bits per heavy atom. The van der Waals surface area contributed by atoms with Crippen LogP contribution in [0.3, 0.4) is 0 Å². The van der Waals surface area contributed by atoms with E-state index in [1.54, 1.807) is 0 Å². The smallest absolute Gasteiger partial charge is 0.00735 e. The molecule has 0 aliphatic rings. The average Bonchev–Trinajstić information content (AvgIpc) is 2.62. The highest BCUT2D eigenvalue weighted by atomic mass is 14.9. The predicted octanol–water partition coefficient (Wildman–Crippen LogP) is 5.03. The van der Waals surface area contributed by atoms with E-state index in [0.717, 1.165) is 32.2 Å². The first-order valence-corrected chi connectivity index (χ1v) is 8.80. The highest BCUT2D eigenvalue weighted by molar-refractivity contribution is 5.16. The zero-order valence-corrected chi connectivity index (χ0v) is 14.1. The summed E-state index contributed by atoms with van der Waals surface area (Å²) in [6, 6.07) is 22.2. The zero-order valence-electron chi connectivity index (χ0n) is 14.1. The second kappa shape index (κ2) is 11.0. The standard InChI is InChI=1S/C22H29N/c1-2-3-10-19-23-22(17-15-20-11-6-4-7-12-20)18-16-21-13-8-5-9-14-21/h4-14,22-23H,1-3,15-19H2. The van der Waals surface area contributed by atoms with E-state index >= 15 is 0 Å². The molecular weight excluding hydrogens is 278 g/mol. The third-order valence-corrected chi connectivity index (χ3v) is 4.21. The molecule has 0 aromatic heterocycles. The summed E-state index contributed by atoms with van der Waals surface area (Å²) in [6.07, 6.45) is 9.05. The minimum Gasteiger partial charge on any atom is -0.314 e. The summed E-state index contributed by atoms with van der Waals surface area (Å²) in [4.78, 5) is 0. The SMILES string of the molecule is [CH2]CC[CH]CNC(CCc1ccccc1)CCc1ccccc1. The fourth-order valence-corrected chi connectivity index (χ4v) is 2.82. The Labute approximate surface area is 142 Å². The summed E-state index contributed by atoms with van der Waals surface area (Å²) in [6.45, 7) is 4.89. The Morgan fingerprint density at radius 3 is 1.83 bits per heavy atom. The van der Waals surface area contributed by atoms with E-state index in [4.69, 9.17) is 0 Å². The molecule has 2 aromatic carbocycles. The van der Waals surface area contributed by atoms with Crippen molar-refractivity contribution in [3.05, 3.63) is 85.1 Å². The van der Waals surface area contributed by atoms with Gasteiger partial charge in [-0.2, -0.15) is 0 Å². The Balaban J connectivity index is 1.80. The molecule has 2 radical (unpaired) electrons. The molecule has 0 spiro atoms. The Morgan fingerprint density at radius 1 is 0.826 bits per heavy atom. The normalized spacial score (nSPS) is 11.0. The molecule has 0 bridgehead atoms. The van der Waals surface area contributed by atoms with Crippen molar-refractivity contribution in [1.29, 1.82) is 0 Å². The van der Waals surface area contributed by atoms with Gasteiger partial charge < -0.3 is 5.32 Å². The van der Waals surface area contributed by atoms with Gasteiger partial charge in [0.15, 0.2) is 0 Å². The monoisotopic (exact) mass is 307 g/mol. The molecule has 1 heteroatoms. The molecular formula is C22H29N. The van der Waals surface area contributed by atoms with E-state index in [1.165, 1.54) is 24.0 Å². The molecule has 0 heterocycles. The van der Waals surface area contributed by atoms with Gasteiger partial charge in [0, 0.05) is 6.04 Å². The van der Waals surface area contributed by atoms with Crippen LogP contribution in [0.5, 0.6) is 0 Å². The van der Waals surface area contributed by atoms with Crippen molar-refractivity contribution in [2.75, 3.05) is 6.54 Å². The fraction of sp³-hybridized carbons (Fsp3) is 0.364. The van der Waals surface area contributed by atoms with Crippen molar-refractivity contribution in [1.82, 2.24) is 5.32 Å². The lowest BCUT2D eigenvalue weighted by Gasteiger charge is -2.19. The van der Waals surface area contributed by atoms with Gasteiger partial charge in [-0.05, 0) is 56.2 Å². The third-order valence-electron chi connectivity index (χ3n) is 4.21. The molecule has 0 fully saturated rings. The van der Waals surface area contributed by atoms with Gasteiger partial charge in [-0.3, -0.25) is 0 Å². The number of unbranched alkanes of at least 4 members (excludes halogenated alkanes) is 2. The van der Waals surface area contributed by atoms with Crippen LogP contribution >= 0.6 is 0 Å². The maximum Gasteiger partial charge on any atom is 0.00735 e. The van der Waals surface area contributed by atoms with Crippen molar-refractivity contribution in [3.63, 3.8) is 0 Å². The largest absolute Gasteiger partial charge is 0.314 e. The molecule has 23 heavy (non-hydrogen) atoms. The lowest BCUT2D eigenvalue weighted by molar-refractivity contribution is 0.465. The lowest BCUT2D eigenvalue weighted by Crippen LogP contribution is -2.31. The van der Waals surface area contributed by atoms with Gasteiger partial charge in [-0.15, -0.1) is 0 Å². The van der Waals surface area contributed by atoms with Crippen molar-refractivity contribution in [2.24, 2.45) is 0 Å². The summed E-state index contributed by atoms with van der Waals surface area (Å²) < 4.78 is 0. The first-order chi connectivity index (χ1) is 11.4. The number of nitrogens with one attached hydrogen (secondary N) is 1. The summed E-state index contributed by atoms with van der Waals surface area (Å²) in [5.41, 5.74) is 2.86. The molecule has 1 N–H and O–H groups in total. The number of rotatable bonds is 11. The van der Waals surface area contributed by atoms with Gasteiger partial charge >= 0.3 is 0 Å². The van der Waals surface area contributed by atoms with E-state index in [9.17, 15) is 0 Å². The number of hydrogen-bond donors (Lipinski definition) is 1. The Hall–Kier alpha value is -1.60. The summed E-state index contributed by atoms with van der Waals surface area (Å²) >= 11 is 0. The van der Waals surface area contributed by atoms with E-state index in [1.807, 2.05) is 0 Å². The number of aryl methyl sites for hydroxylation is 2. The van der Waals surface area contributed by atoms with Gasteiger partial charge in [-0.1, -0.05) is 74.0 Å². The minimum atomic E-state index is 0.566. The second-order valence-electron chi connectivity index (χ2n) is 6.08. The molecule has 0 amide bonds. The lowest BCUT2D eigenvalue weighted by atomic mass is 9.99. The van der Waals surface area contributed by atoms with Crippen LogP contribution in [0.25, 0.3) is 0 Å². The first-order valence-electron chi connectivity index (χ1n) is 8.80. The van der Waals surface area contributed by atoms with Crippen molar-refractivity contribution < 1.29 is 0 Å². The average molecular weight is 307 g/mol. The molecule has 1 nitrogen and oxygen atoms in total. The van der Waals surface area contributed by atoms with Gasteiger partial charge in [0.25, 0.3) is 0 Å². The van der Waals surface area contributed by atoms with Gasteiger partial charge in [-0.25, -0.2) is 0 Å². The summed E-state index contributed by atoms with van der Waals surface area (Å²) in [5, 5.41) is 3.71. The molecule has 2 rings (SSSR count). The van der Waals surface area contributed by atoms with Crippen LogP contribution < -0.4 is 5.32 Å². The van der Waals surface area contributed by atoms with E-state index in [0.29, 0.717) is 6.04 Å². The van der Waals surface area contributed by atoms with Crippen LogP contribution in [0.4, 0.5) is 0 Å². The van der Waals surface area contributed by atoms with Crippen LogP contribution in [-0.4, -0.2) is 12.6 Å². The summed E-state index contributed by atoms with van der Waals surface area (Å²) in [7, 11) is 0. The predicted molar refractivity (Wildman–Crippen MR) is 100 cm³/mol. The van der Waals surface area contributed by atoms with Gasteiger partial charge in [0.05, 0.1) is 0 Å². The Bertz CT molecular complexity index is 463. The molecule has 0 aliphatic carbocycles. The first kappa shape index (κ1) is 17.7. The molecule has 0 saturated heterocycles. The van der Waals surface area contributed by atoms with Crippen molar-refractivity contribution >= 4 is 0 Å². The van der Waals surface area contributed by atoms with Crippen LogP contribution in [0.15, 0.2) is 60.7 Å². The Kier molecular flexibility index (Phi) is 8.50. The zero-order chi connectivity index (χ0) is 16.2. The number of benzene rings is 2. The van der Waals surface area contributed by atoms with Crippen molar-refractivity contribution in [2.45, 2.75) is 44.6 Å². The molecule has 0 atom stereocenters. The second-order valence-corrected chi connectivity index (χ2v) is 6.08. The van der Waals surface area contributed by atoms with Crippen LogP contribution in [0.2, 0.25) is 0 Å². The maximum atomic E-state index is 3.90. The maximum absolute atomic E-state index is 3.90. The minimum absolute atomic E-state index is 0.566. The van der Waals surface area contributed by atoms with Crippen LogP contribution in [-0.2, 0) is 12.8 Å². The quantitative estimate of drug-likeness (QED) is 0.574. The highest BCUT2D eigenvalue weighted by Gasteiger charge is 2.08. The van der Waals surface area contributed by atoms with Gasteiger partial charge in [0.1, 0.15) is 0 Å². The van der Waals surface area contributed by atoms with Crippen molar-refractivity contribution in [3.8, 4) is 0 Å². The van der Waals surface area contributed by atoms with E-state index in [2.05, 4.69) is 79.3 Å². The topological polar surface area (TPSA) is 12.0 Å². The fourth-order valence-electron chi connectivity index (χ4n) is 2.82. The molecule has 2 aromatic rings. The molecule has 0 unspecified atom stereocenters. The van der Waals surface area contributed by atoms with Gasteiger partial charge in [0.2, 0.25) is 0 Å². The van der Waals surface area contributed by atoms with Crippen LogP contribution in [0.1, 0.15) is 36.8 Å². The molecule has 0 saturated carbocycles. The third kappa shape index (κ3) is 7.47. The van der Waals surface area contributed by atoms with E-state index in [-0.39, 0.29) is 0 Å². The van der Waals surface area contributed by atoms with E-state index < -0.39 is 0 Å². The highest BCUT2D eigenvalue weighted by Crippen LogP contribution is 2.11. The summed E-state index contributed by atoms with van der Waals surface area (Å²) in [5.74, 6) is 0. The molecule has 122 valence electrons. The molecule has 0 aliphatic heterocycles. The van der Waals surface area contributed by atoms with Crippen LogP contribution in [0, 0.1) is 13.3 Å². The number of hydrogen-bond acceptors (Lipinski definition) is 1.